The second-order valence-electron chi connectivity index (χ2n) is 6.89. The maximum atomic E-state index is 12.7. The Hall–Kier alpha value is -3.69. The van der Waals surface area contributed by atoms with Crippen molar-refractivity contribution in [1.29, 1.82) is 0 Å². The third-order valence-electron chi connectivity index (χ3n) is 5.26. The second kappa shape index (κ2) is 5.91. The Kier molecular flexibility index (Phi) is 3.48. The summed E-state index contributed by atoms with van der Waals surface area (Å²) < 4.78 is 6.11. The van der Waals surface area contributed by atoms with E-state index in [2.05, 4.69) is 20.5 Å². The average Bonchev–Trinajstić information content (AvgIpc) is 3.28. The van der Waals surface area contributed by atoms with E-state index in [1.165, 1.54) is 6.42 Å². The number of aromatic nitrogens is 3. The van der Waals surface area contributed by atoms with Crippen LogP contribution >= 0.6 is 0 Å². The van der Waals surface area contributed by atoms with Gasteiger partial charge in [-0.2, -0.15) is 0 Å². The van der Waals surface area contributed by atoms with Crippen molar-refractivity contribution in [2.75, 3.05) is 23.7 Å². The fourth-order valence-electron chi connectivity index (χ4n) is 3.94. The first-order chi connectivity index (χ1) is 13.6. The molecule has 0 aliphatic carbocycles. The van der Waals surface area contributed by atoms with Gasteiger partial charge in [0.1, 0.15) is 5.82 Å². The smallest absolute Gasteiger partial charge is 0.262 e. The van der Waals surface area contributed by atoms with E-state index in [0.717, 1.165) is 42.3 Å². The van der Waals surface area contributed by atoms with Gasteiger partial charge in [0, 0.05) is 19.2 Å². The van der Waals surface area contributed by atoms with Gasteiger partial charge in [0.25, 0.3) is 17.4 Å². The number of imide groups is 1. The van der Waals surface area contributed by atoms with Crippen molar-refractivity contribution in [3.05, 3.63) is 39.7 Å². The molecule has 0 radical (unpaired) electrons. The largest absolute Gasteiger partial charge is 0.384 e. The van der Waals surface area contributed by atoms with Crippen LogP contribution in [0.4, 0.5) is 11.5 Å². The van der Waals surface area contributed by atoms with E-state index in [9.17, 15) is 14.4 Å². The molecule has 4 heterocycles. The van der Waals surface area contributed by atoms with Crippen LogP contribution in [-0.2, 0) is 0 Å². The first kappa shape index (κ1) is 16.5. The summed E-state index contributed by atoms with van der Waals surface area (Å²) >= 11 is 0. The molecule has 2 aliphatic rings. The van der Waals surface area contributed by atoms with E-state index < -0.39 is 17.4 Å². The van der Waals surface area contributed by atoms with Crippen molar-refractivity contribution in [3.63, 3.8) is 0 Å². The number of piperidine rings is 1. The molecule has 10 heteroatoms. The van der Waals surface area contributed by atoms with Gasteiger partial charge in [-0.1, -0.05) is 0 Å². The number of rotatable bonds is 2. The number of hydrogen-bond donors (Lipinski definition) is 2. The summed E-state index contributed by atoms with van der Waals surface area (Å²) in [4.78, 5) is 38.8. The Bertz CT molecular complexity index is 1200. The fraction of sp³-hybridized carbons (Fsp3) is 0.278. The minimum atomic E-state index is -0.635. The Labute approximate surface area is 157 Å². The molecule has 1 fully saturated rings. The number of anilines is 2. The molecule has 1 aromatic carbocycles. The SMILES string of the molecule is Nc1c2c(cc(=O)n1-c1ccc(N3CCCCC3)c3nonc13)C(=O)NC2=O. The number of pyridine rings is 1. The lowest BCUT2D eigenvalue weighted by molar-refractivity contribution is 0.0880. The Morgan fingerprint density at radius 3 is 2.39 bits per heavy atom. The normalized spacial score (nSPS) is 16.5. The molecule has 2 aliphatic heterocycles. The Balaban J connectivity index is 1.73. The number of benzene rings is 1. The molecule has 0 atom stereocenters. The van der Waals surface area contributed by atoms with Crippen LogP contribution in [0.2, 0.25) is 0 Å². The lowest BCUT2D eigenvalue weighted by Gasteiger charge is -2.28. The van der Waals surface area contributed by atoms with Gasteiger partial charge in [-0.05, 0) is 41.7 Å². The molecule has 1 saturated heterocycles. The van der Waals surface area contributed by atoms with Crippen LogP contribution in [0, 0.1) is 0 Å². The third-order valence-corrected chi connectivity index (χ3v) is 5.26. The summed E-state index contributed by atoms with van der Waals surface area (Å²) in [5, 5.41) is 10.1. The number of carbonyl (C=O) groups excluding carboxylic acids is 2. The highest BCUT2D eigenvalue weighted by atomic mass is 16.6. The molecule has 2 amide bonds. The predicted octanol–water partition coefficient (Wildman–Crippen LogP) is 0.830. The first-order valence-corrected chi connectivity index (χ1v) is 8.98. The quantitative estimate of drug-likeness (QED) is 0.624. The van der Waals surface area contributed by atoms with Gasteiger partial charge >= 0.3 is 0 Å². The van der Waals surface area contributed by atoms with Crippen LogP contribution in [0.1, 0.15) is 40.0 Å². The average molecular weight is 380 g/mol. The lowest BCUT2D eigenvalue weighted by Crippen LogP contribution is -2.29. The zero-order valence-electron chi connectivity index (χ0n) is 14.8. The van der Waals surface area contributed by atoms with Crippen molar-refractivity contribution in [2.24, 2.45) is 0 Å². The molecule has 0 spiro atoms. The molecular formula is C18H16N6O4. The maximum absolute atomic E-state index is 12.7. The molecule has 0 saturated carbocycles. The van der Waals surface area contributed by atoms with Crippen LogP contribution in [0.3, 0.4) is 0 Å². The summed E-state index contributed by atoms with van der Waals surface area (Å²) in [6.45, 7) is 1.81. The number of hydrogen-bond acceptors (Lipinski definition) is 8. The molecule has 5 rings (SSSR count). The zero-order chi connectivity index (χ0) is 19.4. The van der Waals surface area contributed by atoms with Gasteiger partial charge in [0.05, 0.1) is 22.5 Å². The minimum absolute atomic E-state index is 0.0192. The molecule has 3 N–H and O–H groups in total. The predicted molar refractivity (Wildman–Crippen MR) is 99.7 cm³/mol. The first-order valence-electron chi connectivity index (χ1n) is 8.98. The van der Waals surface area contributed by atoms with Gasteiger partial charge < -0.3 is 10.6 Å². The fourth-order valence-corrected chi connectivity index (χ4v) is 3.94. The maximum Gasteiger partial charge on any atom is 0.262 e. The zero-order valence-corrected chi connectivity index (χ0v) is 14.8. The van der Waals surface area contributed by atoms with Crippen LogP contribution in [0.5, 0.6) is 0 Å². The molecule has 142 valence electrons. The van der Waals surface area contributed by atoms with E-state index in [4.69, 9.17) is 10.4 Å². The number of fused-ring (bicyclic) bond motifs is 2. The minimum Gasteiger partial charge on any atom is -0.384 e. The highest BCUT2D eigenvalue weighted by Gasteiger charge is 2.32. The Morgan fingerprint density at radius 2 is 1.64 bits per heavy atom. The van der Waals surface area contributed by atoms with Crippen LogP contribution in [-0.4, -0.2) is 39.8 Å². The molecule has 0 unspecified atom stereocenters. The number of nitrogen functional groups attached to an aromatic ring is 1. The van der Waals surface area contributed by atoms with Gasteiger partial charge in [-0.25, -0.2) is 4.63 Å². The summed E-state index contributed by atoms with van der Waals surface area (Å²) in [7, 11) is 0. The van der Waals surface area contributed by atoms with E-state index in [0.29, 0.717) is 16.7 Å². The van der Waals surface area contributed by atoms with Crippen molar-refractivity contribution < 1.29 is 14.2 Å². The van der Waals surface area contributed by atoms with Gasteiger partial charge in [-0.15, -0.1) is 0 Å². The highest BCUT2D eigenvalue weighted by molar-refractivity contribution is 6.23. The molecule has 0 bridgehead atoms. The molecule has 10 nitrogen and oxygen atoms in total. The summed E-state index contributed by atoms with van der Waals surface area (Å²) in [6, 6.07) is 4.65. The highest BCUT2D eigenvalue weighted by Crippen LogP contribution is 2.32. The number of nitrogens with one attached hydrogen (secondary N) is 1. The van der Waals surface area contributed by atoms with E-state index in [1.54, 1.807) is 6.07 Å². The van der Waals surface area contributed by atoms with Crippen LogP contribution in [0.15, 0.2) is 27.6 Å². The molecule has 28 heavy (non-hydrogen) atoms. The van der Waals surface area contributed by atoms with Gasteiger partial charge in [0.15, 0.2) is 11.0 Å². The van der Waals surface area contributed by atoms with E-state index in [-0.39, 0.29) is 16.9 Å². The van der Waals surface area contributed by atoms with Crippen LogP contribution in [0.25, 0.3) is 16.7 Å². The van der Waals surface area contributed by atoms with Gasteiger partial charge in [-0.3, -0.25) is 24.3 Å². The molecule has 3 aromatic rings. The number of nitrogens with zero attached hydrogens (tertiary/aromatic N) is 4. The van der Waals surface area contributed by atoms with Crippen LogP contribution < -0.4 is 21.5 Å². The number of amides is 2. The molecular weight excluding hydrogens is 364 g/mol. The van der Waals surface area contributed by atoms with Gasteiger partial charge in [0.2, 0.25) is 0 Å². The van der Waals surface area contributed by atoms with Crippen molar-refractivity contribution in [1.82, 2.24) is 20.2 Å². The van der Waals surface area contributed by atoms with Crippen molar-refractivity contribution >= 4 is 34.4 Å². The molecule has 2 aromatic heterocycles. The van der Waals surface area contributed by atoms with Crippen molar-refractivity contribution in [2.45, 2.75) is 19.3 Å². The van der Waals surface area contributed by atoms with E-state index >= 15 is 0 Å². The monoisotopic (exact) mass is 380 g/mol. The lowest BCUT2D eigenvalue weighted by atomic mass is 10.1. The Morgan fingerprint density at radius 1 is 0.964 bits per heavy atom. The number of nitrogens with two attached hydrogens (primary N) is 1. The summed E-state index contributed by atoms with van der Waals surface area (Å²) in [5.74, 6) is -1.39. The van der Waals surface area contributed by atoms with Crippen molar-refractivity contribution in [3.8, 4) is 5.69 Å². The summed E-state index contributed by atoms with van der Waals surface area (Å²) in [6.07, 6.45) is 3.38. The second-order valence-corrected chi connectivity index (χ2v) is 6.89. The third kappa shape index (κ3) is 2.24. The number of carbonyl (C=O) groups is 2. The standard InChI is InChI=1S/C18H16N6O4/c19-16-13-9(17(26)20-18(13)27)8-12(25)24(16)11-5-4-10(14-15(11)22-28-21-14)23-6-2-1-3-7-23/h4-5,8H,1-3,6-7,19H2,(H,20,26,27). The van der Waals surface area contributed by atoms with E-state index in [1.807, 2.05) is 6.07 Å². The summed E-state index contributed by atoms with van der Waals surface area (Å²) in [5.41, 5.74) is 7.63. The topological polar surface area (TPSA) is 136 Å².